The van der Waals surface area contributed by atoms with E-state index in [-0.39, 0.29) is 35.7 Å². The number of phenolic OH excluding ortho intramolecular Hbond substituents is 1. The maximum Gasteiger partial charge on any atom is 0.254 e. The van der Waals surface area contributed by atoms with Gasteiger partial charge in [0.05, 0.1) is 10.9 Å². The van der Waals surface area contributed by atoms with Gasteiger partial charge in [0.25, 0.3) is 5.91 Å². The Morgan fingerprint density at radius 2 is 1.85 bits per heavy atom. The number of piperazine rings is 1. The molecule has 1 heterocycles. The van der Waals surface area contributed by atoms with Crippen molar-refractivity contribution in [2.75, 3.05) is 31.5 Å². The minimum absolute atomic E-state index is 0.121. The molecule has 2 amide bonds. The Balaban J connectivity index is 1.67. The fourth-order valence-corrected chi connectivity index (χ4v) is 4.68. The molecule has 26 heavy (non-hydrogen) atoms. The van der Waals surface area contributed by atoms with E-state index in [0.29, 0.717) is 31.5 Å². The van der Waals surface area contributed by atoms with Gasteiger partial charge in [0.15, 0.2) is 0 Å². The third kappa shape index (κ3) is 3.73. The molecule has 1 aliphatic carbocycles. The topological polar surface area (TPSA) is 107 Å². The summed E-state index contributed by atoms with van der Waals surface area (Å²) in [6, 6.07) is 4.20. The zero-order chi connectivity index (χ0) is 18.9. The maximum absolute atomic E-state index is 12.7. The normalized spacial score (nSPS) is 18.4. The number of hydrogen-bond acceptors (Lipinski definition) is 5. The second kappa shape index (κ2) is 7.08. The lowest BCUT2D eigenvalue weighted by Crippen LogP contribution is -2.51. The molecule has 2 N–H and O–H groups in total. The van der Waals surface area contributed by atoms with Crippen molar-refractivity contribution < 1.29 is 23.1 Å². The summed E-state index contributed by atoms with van der Waals surface area (Å²) in [7, 11) is -3.23. The molecular weight excluding hydrogens is 358 g/mol. The number of amides is 2. The molecule has 1 aromatic rings. The van der Waals surface area contributed by atoms with Crippen LogP contribution in [0.25, 0.3) is 0 Å². The van der Waals surface area contributed by atoms with E-state index in [0.717, 1.165) is 6.08 Å². The van der Waals surface area contributed by atoms with Gasteiger partial charge >= 0.3 is 0 Å². The van der Waals surface area contributed by atoms with Crippen LogP contribution in [-0.4, -0.2) is 66.0 Å². The summed E-state index contributed by atoms with van der Waals surface area (Å²) in [6.45, 7) is 4.51. The first kappa shape index (κ1) is 18.4. The Labute approximate surface area is 152 Å². The van der Waals surface area contributed by atoms with Crippen LogP contribution in [0.15, 0.2) is 30.9 Å². The van der Waals surface area contributed by atoms with Crippen molar-refractivity contribution >= 4 is 27.5 Å². The Kier molecular flexibility index (Phi) is 5.01. The number of carbonyl (C=O) groups is 2. The minimum atomic E-state index is -3.23. The molecule has 140 valence electrons. The fraction of sp³-hybridized carbons (Fsp3) is 0.412. The molecule has 0 bridgehead atoms. The summed E-state index contributed by atoms with van der Waals surface area (Å²) in [5.74, 6) is -0.927. The van der Waals surface area contributed by atoms with Gasteiger partial charge in [-0.1, -0.05) is 6.58 Å². The molecule has 1 saturated carbocycles. The van der Waals surface area contributed by atoms with Gasteiger partial charge in [0.2, 0.25) is 15.9 Å². The second-order valence-corrected chi connectivity index (χ2v) is 8.57. The predicted octanol–water partition coefficient (Wildman–Crippen LogP) is 0.767. The van der Waals surface area contributed by atoms with E-state index in [1.165, 1.54) is 22.5 Å². The lowest BCUT2D eigenvalue weighted by molar-refractivity contribution is -0.111. The number of carbonyl (C=O) groups excluding carboxylic acids is 2. The lowest BCUT2D eigenvalue weighted by atomic mass is 10.1. The molecule has 0 unspecified atom stereocenters. The maximum atomic E-state index is 12.7. The van der Waals surface area contributed by atoms with Crippen molar-refractivity contribution in [2.45, 2.75) is 18.1 Å². The molecular formula is C17H21N3O5S. The van der Waals surface area contributed by atoms with Gasteiger partial charge in [-0.2, -0.15) is 4.31 Å². The van der Waals surface area contributed by atoms with E-state index in [1.54, 1.807) is 4.90 Å². The highest BCUT2D eigenvalue weighted by molar-refractivity contribution is 7.90. The number of rotatable bonds is 5. The Morgan fingerprint density at radius 1 is 1.19 bits per heavy atom. The van der Waals surface area contributed by atoms with Crippen LogP contribution in [-0.2, 0) is 14.8 Å². The zero-order valence-corrected chi connectivity index (χ0v) is 15.0. The molecule has 0 radical (unpaired) electrons. The molecule has 1 saturated heterocycles. The van der Waals surface area contributed by atoms with E-state index in [2.05, 4.69) is 11.9 Å². The molecule has 0 spiro atoms. The molecule has 2 aliphatic rings. The molecule has 0 aromatic heterocycles. The summed E-state index contributed by atoms with van der Waals surface area (Å²) in [6.07, 6.45) is 2.50. The van der Waals surface area contributed by atoms with E-state index in [1.807, 2.05) is 0 Å². The third-order valence-electron chi connectivity index (χ3n) is 4.52. The van der Waals surface area contributed by atoms with Gasteiger partial charge in [-0.25, -0.2) is 8.42 Å². The van der Waals surface area contributed by atoms with Crippen LogP contribution in [0, 0.1) is 0 Å². The smallest absolute Gasteiger partial charge is 0.254 e. The fourth-order valence-electron chi connectivity index (χ4n) is 2.86. The molecule has 9 heteroatoms. The average molecular weight is 379 g/mol. The van der Waals surface area contributed by atoms with Crippen LogP contribution in [0.3, 0.4) is 0 Å². The van der Waals surface area contributed by atoms with Gasteiger partial charge in [0, 0.05) is 31.7 Å². The zero-order valence-electron chi connectivity index (χ0n) is 14.2. The number of benzene rings is 1. The van der Waals surface area contributed by atoms with Crippen LogP contribution in [0.5, 0.6) is 5.75 Å². The summed E-state index contributed by atoms with van der Waals surface area (Å²) in [4.78, 5) is 25.6. The van der Waals surface area contributed by atoms with Crippen molar-refractivity contribution in [3.63, 3.8) is 0 Å². The average Bonchev–Trinajstić information content (AvgIpc) is 3.48. The first-order valence-electron chi connectivity index (χ1n) is 8.37. The highest BCUT2D eigenvalue weighted by Gasteiger charge is 2.41. The number of nitrogens with one attached hydrogen (secondary N) is 1. The van der Waals surface area contributed by atoms with Gasteiger partial charge in [0.1, 0.15) is 5.75 Å². The third-order valence-corrected chi connectivity index (χ3v) is 6.92. The van der Waals surface area contributed by atoms with Crippen molar-refractivity contribution in [1.82, 2.24) is 9.21 Å². The molecule has 2 fully saturated rings. The first-order chi connectivity index (χ1) is 12.3. The number of hydrogen-bond donors (Lipinski definition) is 2. The largest absolute Gasteiger partial charge is 0.506 e. The van der Waals surface area contributed by atoms with Crippen LogP contribution < -0.4 is 5.32 Å². The van der Waals surface area contributed by atoms with Crippen molar-refractivity contribution in [2.24, 2.45) is 0 Å². The molecule has 0 atom stereocenters. The SMILES string of the molecule is C=CC(=O)Nc1cc(C(=O)N2CCN(S(=O)(=O)C3CC3)CC2)ccc1O. The van der Waals surface area contributed by atoms with Crippen molar-refractivity contribution in [3.8, 4) is 5.75 Å². The number of aromatic hydroxyl groups is 1. The molecule has 8 nitrogen and oxygen atoms in total. The van der Waals surface area contributed by atoms with Crippen LogP contribution in [0.2, 0.25) is 0 Å². The summed E-state index contributed by atoms with van der Waals surface area (Å²) < 4.78 is 26.0. The predicted molar refractivity (Wildman–Crippen MR) is 96.4 cm³/mol. The van der Waals surface area contributed by atoms with Gasteiger partial charge in [-0.05, 0) is 37.1 Å². The highest BCUT2D eigenvalue weighted by atomic mass is 32.2. The number of phenols is 1. The van der Waals surface area contributed by atoms with Crippen LogP contribution in [0.4, 0.5) is 5.69 Å². The Morgan fingerprint density at radius 3 is 2.42 bits per heavy atom. The highest BCUT2D eigenvalue weighted by Crippen LogP contribution is 2.31. The van der Waals surface area contributed by atoms with E-state index < -0.39 is 15.9 Å². The monoisotopic (exact) mass is 379 g/mol. The number of nitrogens with zero attached hydrogens (tertiary/aromatic N) is 2. The van der Waals surface area contributed by atoms with Gasteiger partial charge in [-0.15, -0.1) is 0 Å². The van der Waals surface area contributed by atoms with E-state index in [4.69, 9.17) is 0 Å². The Hall–Kier alpha value is -2.39. The van der Waals surface area contributed by atoms with E-state index in [9.17, 15) is 23.1 Å². The van der Waals surface area contributed by atoms with Crippen molar-refractivity contribution in [3.05, 3.63) is 36.4 Å². The summed E-state index contributed by atoms with van der Waals surface area (Å²) >= 11 is 0. The standard InChI is InChI=1S/C17H21N3O5S/c1-2-16(22)18-14-11-12(3-6-15(14)21)17(23)19-7-9-20(10-8-19)26(24,25)13-4-5-13/h2-3,6,11,13,21H,1,4-5,7-10H2,(H,18,22). The quantitative estimate of drug-likeness (QED) is 0.580. The molecule has 1 aromatic carbocycles. The van der Waals surface area contributed by atoms with Crippen LogP contribution in [0.1, 0.15) is 23.2 Å². The minimum Gasteiger partial charge on any atom is -0.506 e. The lowest BCUT2D eigenvalue weighted by Gasteiger charge is -2.34. The van der Waals surface area contributed by atoms with Crippen molar-refractivity contribution in [1.29, 1.82) is 0 Å². The van der Waals surface area contributed by atoms with E-state index >= 15 is 0 Å². The summed E-state index contributed by atoms with van der Waals surface area (Å²) in [5.41, 5.74) is 0.427. The second-order valence-electron chi connectivity index (χ2n) is 6.36. The first-order valence-corrected chi connectivity index (χ1v) is 9.88. The molecule has 1 aliphatic heterocycles. The Bertz CT molecular complexity index is 840. The van der Waals surface area contributed by atoms with Gasteiger partial charge < -0.3 is 15.3 Å². The molecule has 3 rings (SSSR count). The van der Waals surface area contributed by atoms with Gasteiger partial charge in [-0.3, -0.25) is 9.59 Å². The summed E-state index contributed by atoms with van der Waals surface area (Å²) in [5, 5.41) is 12.0. The number of anilines is 1. The number of sulfonamides is 1. The van der Waals surface area contributed by atoms with Crippen LogP contribution >= 0.6 is 0 Å².